The molecule has 0 bridgehead atoms. The molecule has 5 heteroatoms. The number of nitrogens with zero attached hydrogens (tertiary/aromatic N) is 2. The number of amides is 1. The highest BCUT2D eigenvalue weighted by Crippen LogP contribution is 2.31. The topological polar surface area (TPSA) is 62.1 Å². The average molecular weight is 351 g/mol. The van der Waals surface area contributed by atoms with E-state index in [0.29, 0.717) is 12.3 Å². The molecule has 1 saturated heterocycles. The first-order valence-corrected chi connectivity index (χ1v) is 9.28. The van der Waals surface area contributed by atoms with Crippen LogP contribution in [0.4, 0.5) is 0 Å². The number of aromatic amines is 1. The molecule has 0 radical (unpaired) electrons. The lowest BCUT2D eigenvalue weighted by Crippen LogP contribution is -2.40. The van der Waals surface area contributed by atoms with Crippen LogP contribution in [0.15, 0.2) is 29.1 Å². The molecule has 1 amide bonds. The van der Waals surface area contributed by atoms with Gasteiger partial charge in [0.2, 0.25) is 5.91 Å². The smallest absolute Gasteiger partial charge is 0.227 e. The summed E-state index contributed by atoms with van der Waals surface area (Å²) in [5, 5.41) is 1.10. The molecule has 1 N–H and O–H groups in total. The fraction of sp³-hybridized carbons (Fsp3) is 0.429. The fourth-order valence-corrected chi connectivity index (χ4v) is 4.12. The average Bonchev–Trinajstić information content (AvgIpc) is 3.30. The highest BCUT2D eigenvalue weighted by atomic mass is 16.3. The molecule has 0 spiro atoms. The largest absolute Gasteiger partial charge is 0.464 e. The highest BCUT2D eigenvalue weighted by molar-refractivity contribution is 5.92. The van der Waals surface area contributed by atoms with Crippen molar-refractivity contribution in [3.63, 3.8) is 0 Å². The van der Waals surface area contributed by atoms with Crippen LogP contribution in [0.25, 0.3) is 11.0 Å². The van der Waals surface area contributed by atoms with Crippen molar-refractivity contribution in [3.05, 3.63) is 52.8 Å². The molecule has 3 heterocycles. The van der Waals surface area contributed by atoms with Crippen LogP contribution in [0.2, 0.25) is 0 Å². The van der Waals surface area contributed by atoms with Crippen molar-refractivity contribution in [3.8, 4) is 0 Å². The Labute approximate surface area is 153 Å². The van der Waals surface area contributed by atoms with E-state index in [2.05, 4.69) is 36.8 Å². The van der Waals surface area contributed by atoms with Gasteiger partial charge in [0.1, 0.15) is 11.4 Å². The quantitative estimate of drug-likeness (QED) is 0.775. The van der Waals surface area contributed by atoms with Gasteiger partial charge in [-0.05, 0) is 50.3 Å². The molecule has 1 fully saturated rings. The van der Waals surface area contributed by atoms with Crippen LogP contribution in [-0.4, -0.2) is 33.9 Å². The van der Waals surface area contributed by atoms with Gasteiger partial charge in [0.05, 0.1) is 12.7 Å². The Morgan fingerprint density at radius 2 is 2.19 bits per heavy atom. The van der Waals surface area contributed by atoms with Gasteiger partial charge in [0.15, 0.2) is 0 Å². The number of rotatable bonds is 3. The van der Waals surface area contributed by atoms with E-state index in [0.717, 1.165) is 53.9 Å². The van der Waals surface area contributed by atoms with Crippen molar-refractivity contribution in [1.29, 1.82) is 0 Å². The molecule has 0 saturated carbocycles. The Kier molecular flexibility index (Phi) is 4.31. The normalized spacial score (nSPS) is 17.8. The van der Waals surface area contributed by atoms with E-state index in [1.54, 1.807) is 12.5 Å². The maximum atomic E-state index is 12.9. The molecule has 1 aliphatic rings. The lowest BCUT2D eigenvalue weighted by molar-refractivity contribution is -0.131. The van der Waals surface area contributed by atoms with E-state index in [1.165, 1.54) is 11.1 Å². The fourth-order valence-electron chi connectivity index (χ4n) is 4.12. The molecule has 1 aliphatic heterocycles. The van der Waals surface area contributed by atoms with Crippen LogP contribution in [0.3, 0.4) is 0 Å². The van der Waals surface area contributed by atoms with Crippen LogP contribution in [0.5, 0.6) is 0 Å². The number of fused-ring (bicyclic) bond motifs is 1. The summed E-state index contributed by atoms with van der Waals surface area (Å²) >= 11 is 0. The number of H-pyrrole nitrogens is 1. The number of nitrogens with one attached hydrogen (secondary N) is 1. The standard InChI is InChI=1S/C21H25N3O2/c1-13-9-14(2)19-17(12-26-20(19)15(13)3)10-18(25)24-8-4-5-16(11-24)21-22-6-7-23-21/h6-7,9,12,16H,4-5,8,10-11H2,1-3H3,(H,22,23). The minimum atomic E-state index is 0.168. The van der Waals surface area contributed by atoms with Crippen molar-refractivity contribution in [2.75, 3.05) is 13.1 Å². The number of carbonyl (C=O) groups excluding carboxylic acids is 1. The summed E-state index contributed by atoms with van der Waals surface area (Å²) in [6.07, 6.45) is 7.86. The number of hydrogen-bond donors (Lipinski definition) is 1. The van der Waals surface area contributed by atoms with Gasteiger partial charge in [0.25, 0.3) is 0 Å². The van der Waals surface area contributed by atoms with E-state index in [9.17, 15) is 4.79 Å². The maximum Gasteiger partial charge on any atom is 0.227 e. The van der Waals surface area contributed by atoms with Gasteiger partial charge in [-0.25, -0.2) is 4.98 Å². The number of hydrogen-bond acceptors (Lipinski definition) is 3. The second-order valence-electron chi connectivity index (χ2n) is 7.43. The number of imidazole rings is 1. The number of piperidine rings is 1. The lowest BCUT2D eigenvalue weighted by atomic mass is 9.96. The Bertz CT molecular complexity index is 940. The van der Waals surface area contributed by atoms with Crippen molar-refractivity contribution in [1.82, 2.24) is 14.9 Å². The lowest BCUT2D eigenvalue weighted by Gasteiger charge is -2.32. The summed E-state index contributed by atoms with van der Waals surface area (Å²) in [5.41, 5.74) is 5.45. The second kappa shape index (κ2) is 6.63. The second-order valence-corrected chi connectivity index (χ2v) is 7.43. The minimum Gasteiger partial charge on any atom is -0.464 e. The van der Waals surface area contributed by atoms with Crippen LogP contribution in [-0.2, 0) is 11.2 Å². The molecule has 4 rings (SSSR count). The zero-order valence-corrected chi connectivity index (χ0v) is 15.6. The zero-order chi connectivity index (χ0) is 18.3. The van der Waals surface area contributed by atoms with Gasteiger partial charge in [-0.2, -0.15) is 0 Å². The van der Waals surface area contributed by atoms with Crippen LogP contribution < -0.4 is 0 Å². The number of aryl methyl sites for hydroxylation is 3. The Morgan fingerprint density at radius 1 is 1.35 bits per heavy atom. The molecule has 0 aliphatic carbocycles. The molecule has 1 aromatic carbocycles. The van der Waals surface area contributed by atoms with Crippen LogP contribution >= 0.6 is 0 Å². The monoisotopic (exact) mass is 351 g/mol. The minimum absolute atomic E-state index is 0.168. The van der Waals surface area contributed by atoms with E-state index < -0.39 is 0 Å². The van der Waals surface area contributed by atoms with Crippen molar-refractivity contribution in [2.24, 2.45) is 0 Å². The van der Waals surface area contributed by atoms with E-state index in [4.69, 9.17) is 4.42 Å². The molecule has 26 heavy (non-hydrogen) atoms. The van der Waals surface area contributed by atoms with Gasteiger partial charge in [-0.1, -0.05) is 6.07 Å². The summed E-state index contributed by atoms with van der Waals surface area (Å²) in [6.45, 7) is 7.82. The molecule has 2 aromatic heterocycles. The molecular formula is C21H25N3O2. The number of benzene rings is 1. The number of furan rings is 1. The number of aromatic nitrogens is 2. The first-order valence-electron chi connectivity index (χ1n) is 9.28. The first kappa shape index (κ1) is 16.9. The first-order chi connectivity index (χ1) is 12.5. The third-order valence-corrected chi connectivity index (χ3v) is 5.65. The van der Waals surface area contributed by atoms with Crippen molar-refractivity contribution >= 4 is 16.9 Å². The summed E-state index contributed by atoms with van der Waals surface area (Å²) in [4.78, 5) is 22.5. The molecule has 136 valence electrons. The molecular weight excluding hydrogens is 326 g/mol. The predicted octanol–water partition coefficient (Wildman–Crippen LogP) is 4.03. The summed E-state index contributed by atoms with van der Waals surface area (Å²) in [5.74, 6) is 1.45. The number of carbonyl (C=O) groups is 1. The van der Waals surface area contributed by atoms with Crippen LogP contribution in [0, 0.1) is 20.8 Å². The zero-order valence-electron chi connectivity index (χ0n) is 15.6. The van der Waals surface area contributed by atoms with Crippen molar-refractivity contribution < 1.29 is 9.21 Å². The predicted molar refractivity (Wildman–Crippen MR) is 101 cm³/mol. The summed E-state index contributed by atoms with van der Waals surface area (Å²) in [6, 6.07) is 2.18. The van der Waals surface area contributed by atoms with E-state index >= 15 is 0 Å². The highest BCUT2D eigenvalue weighted by Gasteiger charge is 2.27. The van der Waals surface area contributed by atoms with Gasteiger partial charge >= 0.3 is 0 Å². The van der Waals surface area contributed by atoms with Gasteiger partial charge in [-0.3, -0.25) is 4.79 Å². The molecule has 1 atom stereocenters. The SMILES string of the molecule is Cc1cc(C)c2c(CC(=O)N3CCCC(c4ncc[nH]4)C3)coc2c1C. The Hall–Kier alpha value is -2.56. The third-order valence-electron chi connectivity index (χ3n) is 5.65. The molecule has 5 nitrogen and oxygen atoms in total. The summed E-state index contributed by atoms with van der Waals surface area (Å²) in [7, 11) is 0. The van der Waals surface area contributed by atoms with Gasteiger partial charge in [-0.15, -0.1) is 0 Å². The Morgan fingerprint density at radius 3 is 2.96 bits per heavy atom. The van der Waals surface area contributed by atoms with E-state index in [-0.39, 0.29) is 5.91 Å². The molecule has 1 unspecified atom stereocenters. The van der Waals surface area contributed by atoms with Crippen molar-refractivity contribution in [2.45, 2.75) is 46.0 Å². The van der Waals surface area contributed by atoms with Gasteiger partial charge in [0, 0.05) is 42.4 Å². The maximum absolute atomic E-state index is 12.9. The van der Waals surface area contributed by atoms with E-state index in [1.807, 2.05) is 11.1 Å². The summed E-state index contributed by atoms with van der Waals surface area (Å²) < 4.78 is 5.82. The van der Waals surface area contributed by atoms with Gasteiger partial charge < -0.3 is 14.3 Å². The Balaban J connectivity index is 1.55. The third kappa shape index (κ3) is 2.91. The number of likely N-dealkylation sites (tertiary alicyclic amines) is 1. The molecule has 3 aromatic rings. The van der Waals surface area contributed by atoms with Crippen LogP contribution in [0.1, 0.15) is 46.8 Å².